The van der Waals surface area contributed by atoms with E-state index in [1.807, 2.05) is 0 Å². The first-order chi connectivity index (χ1) is 10.1. The molecule has 0 saturated carbocycles. The summed E-state index contributed by atoms with van der Waals surface area (Å²) in [5, 5.41) is 3.92. The molecule has 3 aromatic rings. The summed E-state index contributed by atoms with van der Waals surface area (Å²) in [5.74, 6) is -0.414. The maximum atomic E-state index is 13.8. The number of aromatic nitrogens is 3. The zero-order valence-corrected chi connectivity index (χ0v) is 11.4. The molecule has 8 heteroatoms. The van der Waals surface area contributed by atoms with E-state index in [9.17, 15) is 9.18 Å². The van der Waals surface area contributed by atoms with Crippen molar-refractivity contribution in [3.8, 4) is 0 Å². The molecule has 0 unspecified atom stereocenters. The molecule has 108 valence electrons. The van der Waals surface area contributed by atoms with E-state index in [4.69, 9.17) is 16.0 Å². The van der Waals surface area contributed by atoms with Crippen LogP contribution in [0.3, 0.4) is 0 Å². The van der Waals surface area contributed by atoms with Gasteiger partial charge in [0.2, 0.25) is 0 Å². The van der Waals surface area contributed by atoms with Crippen LogP contribution < -0.4 is 5.76 Å². The second-order valence-corrected chi connectivity index (χ2v) is 4.70. The van der Waals surface area contributed by atoms with Crippen LogP contribution in [0.5, 0.6) is 0 Å². The van der Waals surface area contributed by atoms with E-state index >= 15 is 0 Å². The molecular weight excluding hydrogens is 301 g/mol. The molecule has 0 atom stereocenters. The van der Waals surface area contributed by atoms with E-state index in [0.29, 0.717) is 5.76 Å². The van der Waals surface area contributed by atoms with Crippen molar-refractivity contribution in [2.75, 3.05) is 0 Å². The Labute approximate surface area is 122 Å². The normalized spacial score (nSPS) is 11.0. The van der Waals surface area contributed by atoms with Gasteiger partial charge in [-0.25, -0.2) is 14.2 Å². The highest BCUT2D eigenvalue weighted by atomic mass is 35.5. The molecule has 0 N–H and O–H groups in total. The summed E-state index contributed by atoms with van der Waals surface area (Å²) in [6, 6.07) is 4.37. The summed E-state index contributed by atoms with van der Waals surface area (Å²) < 4.78 is 24.7. The lowest BCUT2D eigenvalue weighted by molar-refractivity contribution is 0.372. The summed E-state index contributed by atoms with van der Waals surface area (Å²) in [4.78, 5) is 15.4. The molecule has 21 heavy (non-hydrogen) atoms. The van der Waals surface area contributed by atoms with Crippen molar-refractivity contribution < 1.29 is 13.3 Å². The number of nitrogens with zero attached hydrogens (tertiary/aromatic N) is 3. The molecule has 0 aliphatic heterocycles. The third kappa shape index (κ3) is 2.73. The van der Waals surface area contributed by atoms with Gasteiger partial charge in [-0.15, -0.1) is 0 Å². The van der Waals surface area contributed by atoms with Crippen LogP contribution >= 0.6 is 11.6 Å². The first-order valence-corrected chi connectivity index (χ1v) is 6.38. The first kappa shape index (κ1) is 13.6. The van der Waals surface area contributed by atoms with Gasteiger partial charge in [-0.3, -0.25) is 9.09 Å². The lowest BCUT2D eigenvalue weighted by Crippen LogP contribution is -2.18. The van der Waals surface area contributed by atoms with E-state index < -0.39 is 11.6 Å². The first-order valence-electron chi connectivity index (χ1n) is 6.01. The van der Waals surface area contributed by atoms with Crippen LogP contribution in [0.2, 0.25) is 5.02 Å². The van der Waals surface area contributed by atoms with Gasteiger partial charge in [0.15, 0.2) is 12.2 Å². The highest BCUT2D eigenvalue weighted by Crippen LogP contribution is 2.21. The van der Waals surface area contributed by atoms with Crippen LogP contribution in [-0.2, 0) is 13.0 Å². The minimum Gasteiger partial charge on any atom is -0.447 e. The van der Waals surface area contributed by atoms with Crippen LogP contribution in [0.25, 0.3) is 0 Å². The molecular formula is C13H9ClFN3O3. The standard InChI is InChI=1S/C13H9ClFN3O3/c14-10-2-1-3-11(15)9(10)4-12-17-21-13(19)18(12)6-8-5-16-7-20-8/h1-3,5,7H,4,6H2. The summed E-state index contributed by atoms with van der Waals surface area (Å²) >= 11 is 5.97. The van der Waals surface area contributed by atoms with Crippen LogP contribution in [0, 0.1) is 5.82 Å². The Hall–Kier alpha value is -2.41. The van der Waals surface area contributed by atoms with Gasteiger partial charge >= 0.3 is 5.76 Å². The van der Waals surface area contributed by atoms with E-state index in [0.717, 1.165) is 0 Å². The Morgan fingerprint density at radius 2 is 2.24 bits per heavy atom. The fourth-order valence-electron chi connectivity index (χ4n) is 1.91. The number of oxazole rings is 1. The lowest BCUT2D eigenvalue weighted by Gasteiger charge is -2.05. The van der Waals surface area contributed by atoms with Gasteiger partial charge < -0.3 is 4.42 Å². The van der Waals surface area contributed by atoms with Crippen molar-refractivity contribution in [1.29, 1.82) is 0 Å². The van der Waals surface area contributed by atoms with Crippen molar-refractivity contribution in [3.63, 3.8) is 0 Å². The molecule has 6 nitrogen and oxygen atoms in total. The Balaban J connectivity index is 1.95. The number of halogens is 2. The smallest absolute Gasteiger partial charge is 0.442 e. The molecule has 0 fully saturated rings. The minimum absolute atomic E-state index is 0.0331. The predicted molar refractivity (Wildman–Crippen MR) is 70.6 cm³/mol. The molecule has 0 spiro atoms. The van der Waals surface area contributed by atoms with Gasteiger partial charge in [0.05, 0.1) is 12.7 Å². The highest BCUT2D eigenvalue weighted by Gasteiger charge is 2.16. The molecule has 0 bridgehead atoms. The fourth-order valence-corrected chi connectivity index (χ4v) is 2.14. The topological polar surface area (TPSA) is 74.1 Å². The average Bonchev–Trinajstić information content (AvgIpc) is 3.07. The van der Waals surface area contributed by atoms with Crippen molar-refractivity contribution in [3.05, 3.63) is 69.3 Å². The predicted octanol–water partition coefficient (Wildman–Crippen LogP) is 2.26. The number of rotatable bonds is 4. The number of hydrogen-bond acceptors (Lipinski definition) is 5. The summed E-state index contributed by atoms with van der Waals surface area (Å²) in [5.41, 5.74) is 0.249. The largest absolute Gasteiger partial charge is 0.447 e. The van der Waals surface area contributed by atoms with Gasteiger partial charge in [-0.2, -0.15) is 0 Å². The quantitative estimate of drug-likeness (QED) is 0.739. The second kappa shape index (κ2) is 5.53. The summed E-state index contributed by atoms with van der Waals surface area (Å²) in [7, 11) is 0. The number of hydrogen-bond donors (Lipinski definition) is 0. The molecule has 0 aliphatic rings. The zero-order valence-electron chi connectivity index (χ0n) is 10.6. The summed E-state index contributed by atoms with van der Waals surface area (Å²) in [6.45, 7) is 0.101. The van der Waals surface area contributed by atoms with Crippen molar-refractivity contribution >= 4 is 11.6 Å². The molecule has 0 radical (unpaired) electrons. The zero-order chi connectivity index (χ0) is 14.8. The van der Waals surface area contributed by atoms with Crippen LogP contribution in [-0.4, -0.2) is 14.7 Å². The van der Waals surface area contributed by atoms with Crippen LogP contribution in [0.1, 0.15) is 17.1 Å². The Morgan fingerprint density at radius 1 is 1.38 bits per heavy atom. The van der Waals surface area contributed by atoms with E-state index in [1.54, 1.807) is 6.07 Å². The molecule has 0 aliphatic carbocycles. The van der Waals surface area contributed by atoms with Gasteiger partial charge in [-0.05, 0) is 12.1 Å². The lowest BCUT2D eigenvalue weighted by atomic mass is 10.1. The molecule has 1 aromatic carbocycles. The van der Waals surface area contributed by atoms with Gasteiger partial charge in [-0.1, -0.05) is 22.8 Å². The average molecular weight is 310 g/mol. The van der Waals surface area contributed by atoms with E-state index in [2.05, 4.69) is 14.7 Å². The SMILES string of the molecule is O=c1onc(Cc2c(F)cccc2Cl)n1Cc1cnco1. The molecule has 0 saturated heterocycles. The minimum atomic E-state index is -0.658. The fraction of sp³-hybridized carbons (Fsp3) is 0.154. The third-order valence-electron chi connectivity index (χ3n) is 2.96. The van der Waals surface area contributed by atoms with Gasteiger partial charge in [0.1, 0.15) is 11.6 Å². The van der Waals surface area contributed by atoms with Crippen molar-refractivity contribution in [2.45, 2.75) is 13.0 Å². The number of benzene rings is 1. The maximum Gasteiger partial charge on any atom is 0.442 e. The monoisotopic (exact) mass is 309 g/mol. The Morgan fingerprint density at radius 3 is 2.95 bits per heavy atom. The Bertz CT molecular complexity index is 790. The highest BCUT2D eigenvalue weighted by molar-refractivity contribution is 6.31. The van der Waals surface area contributed by atoms with Crippen molar-refractivity contribution in [1.82, 2.24) is 14.7 Å². The molecule has 3 rings (SSSR count). The maximum absolute atomic E-state index is 13.8. The summed E-state index contributed by atoms with van der Waals surface area (Å²) in [6.07, 6.45) is 2.76. The molecule has 2 aromatic heterocycles. The molecule has 2 heterocycles. The second-order valence-electron chi connectivity index (χ2n) is 4.30. The van der Waals surface area contributed by atoms with Gasteiger partial charge in [0, 0.05) is 17.0 Å². The van der Waals surface area contributed by atoms with Crippen LogP contribution in [0.15, 0.2) is 44.5 Å². The molecule has 0 amide bonds. The van der Waals surface area contributed by atoms with E-state index in [1.165, 1.54) is 29.3 Å². The van der Waals surface area contributed by atoms with Gasteiger partial charge in [0.25, 0.3) is 0 Å². The Kier molecular flexibility index (Phi) is 3.57. The van der Waals surface area contributed by atoms with Crippen LogP contribution in [0.4, 0.5) is 4.39 Å². The third-order valence-corrected chi connectivity index (χ3v) is 3.31. The van der Waals surface area contributed by atoms with Crippen molar-refractivity contribution in [2.24, 2.45) is 0 Å². The van der Waals surface area contributed by atoms with E-state index in [-0.39, 0.29) is 29.4 Å².